The normalized spacial score (nSPS) is 11.3. The molecule has 4 heteroatoms. The van der Waals surface area contributed by atoms with E-state index in [-0.39, 0.29) is 0 Å². The number of nitrogens with two attached hydrogens (primary N) is 1. The van der Waals surface area contributed by atoms with Crippen LogP contribution in [-0.2, 0) is 14.1 Å². The fraction of sp³-hybridized carbons (Fsp3) is 0.214. The van der Waals surface area contributed by atoms with Crippen molar-refractivity contribution >= 4 is 16.7 Å². The molecule has 0 aliphatic carbocycles. The van der Waals surface area contributed by atoms with E-state index in [9.17, 15) is 0 Å². The quantitative estimate of drug-likeness (QED) is 0.710. The van der Waals surface area contributed by atoms with Crippen LogP contribution in [0.1, 0.15) is 5.56 Å². The minimum atomic E-state index is 0.550. The molecule has 0 radical (unpaired) electrons. The third-order valence-corrected chi connectivity index (χ3v) is 3.47. The number of aromatic nitrogens is 3. The number of hydrogen-bond donors (Lipinski definition) is 1. The van der Waals surface area contributed by atoms with Crippen molar-refractivity contribution in [3.05, 3.63) is 35.9 Å². The Morgan fingerprint density at radius 3 is 2.50 bits per heavy atom. The second-order valence-corrected chi connectivity index (χ2v) is 4.67. The van der Waals surface area contributed by atoms with Gasteiger partial charge in [0.2, 0.25) is 0 Å². The maximum Gasteiger partial charge on any atom is 0.146 e. The Kier molecular flexibility index (Phi) is 2.20. The number of anilines is 1. The second-order valence-electron chi connectivity index (χ2n) is 4.67. The van der Waals surface area contributed by atoms with Crippen molar-refractivity contribution in [2.75, 3.05) is 5.73 Å². The summed E-state index contributed by atoms with van der Waals surface area (Å²) in [4.78, 5) is 0. The van der Waals surface area contributed by atoms with Gasteiger partial charge in [0.05, 0.1) is 11.4 Å². The lowest BCUT2D eigenvalue weighted by Gasteiger charge is -2.04. The summed E-state index contributed by atoms with van der Waals surface area (Å²) in [6.45, 7) is 2.13. The first kappa shape index (κ1) is 10.9. The zero-order chi connectivity index (χ0) is 12.9. The predicted octanol–water partition coefficient (Wildman–Crippen LogP) is 2.47. The number of rotatable bonds is 1. The van der Waals surface area contributed by atoms with Gasteiger partial charge in [-0.1, -0.05) is 12.1 Å². The zero-order valence-electron chi connectivity index (χ0n) is 10.8. The van der Waals surface area contributed by atoms with E-state index >= 15 is 0 Å². The molecular formula is C14H16N4. The van der Waals surface area contributed by atoms with Crippen LogP contribution < -0.4 is 5.73 Å². The molecule has 0 spiro atoms. The van der Waals surface area contributed by atoms with Crippen molar-refractivity contribution in [3.63, 3.8) is 0 Å². The highest BCUT2D eigenvalue weighted by atomic mass is 15.3. The highest BCUT2D eigenvalue weighted by molar-refractivity contribution is 5.89. The lowest BCUT2D eigenvalue weighted by Crippen LogP contribution is -1.98. The van der Waals surface area contributed by atoms with Crippen LogP contribution >= 0.6 is 0 Å². The molecule has 0 saturated heterocycles. The number of benzene rings is 1. The van der Waals surface area contributed by atoms with E-state index in [0.717, 1.165) is 11.4 Å². The first-order valence-electron chi connectivity index (χ1n) is 5.93. The summed E-state index contributed by atoms with van der Waals surface area (Å²) >= 11 is 0. The summed E-state index contributed by atoms with van der Waals surface area (Å²) in [5.74, 6) is 0.550. The second kappa shape index (κ2) is 3.63. The van der Waals surface area contributed by atoms with E-state index in [1.807, 2.05) is 17.8 Å². The van der Waals surface area contributed by atoms with Crippen LogP contribution in [-0.4, -0.2) is 14.3 Å². The van der Waals surface area contributed by atoms with Gasteiger partial charge in [0.25, 0.3) is 0 Å². The Labute approximate surface area is 106 Å². The standard InChI is InChI=1S/C14H16N4/c1-9-5-4-6-11-10(9)7-12(17(11)2)13-8-14(15)16-18(13)3/h4-8H,1-3H3,(H2,15,16). The van der Waals surface area contributed by atoms with Gasteiger partial charge in [0, 0.05) is 31.1 Å². The zero-order valence-corrected chi connectivity index (χ0v) is 10.8. The minimum Gasteiger partial charge on any atom is -0.382 e. The number of nitrogens with zero attached hydrogens (tertiary/aromatic N) is 3. The van der Waals surface area contributed by atoms with Gasteiger partial charge in [-0.05, 0) is 24.6 Å². The molecule has 18 heavy (non-hydrogen) atoms. The molecule has 3 rings (SSSR count). The SMILES string of the molecule is Cc1cccc2c1cc(-c1cc(N)nn1C)n2C. The first-order chi connectivity index (χ1) is 8.58. The van der Waals surface area contributed by atoms with Crippen molar-refractivity contribution in [1.82, 2.24) is 14.3 Å². The highest BCUT2D eigenvalue weighted by Crippen LogP contribution is 2.29. The summed E-state index contributed by atoms with van der Waals surface area (Å²) in [5, 5.41) is 5.48. The van der Waals surface area contributed by atoms with Crippen molar-refractivity contribution in [2.24, 2.45) is 14.1 Å². The van der Waals surface area contributed by atoms with Gasteiger partial charge in [-0.3, -0.25) is 4.68 Å². The molecule has 2 N–H and O–H groups in total. The van der Waals surface area contributed by atoms with E-state index in [0.29, 0.717) is 5.82 Å². The molecule has 0 bridgehead atoms. The lowest BCUT2D eigenvalue weighted by atomic mass is 10.1. The van der Waals surface area contributed by atoms with E-state index in [1.54, 1.807) is 0 Å². The van der Waals surface area contributed by atoms with Crippen molar-refractivity contribution < 1.29 is 0 Å². The molecule has 2 aromatic heterocycles. The van der Waals surface area contributed by atoms with E-state index in [2.05, 4.69) is 47.9 Å². The Bertz CT molecular complexity index is 734. The van der Waals surface area contributed by atoms with Crippen molar-refractivity contribution in [2.45, 2.75) is 6.92 Å². The molecule has 3 aromatic rings. The first-order valence-corrected chi connectivity index (χ1v) is 5.93. The molecule has 0 atom stereocenters. The van der Waals surface area contributed by atoms with Crippen LogP contribution in [0.2, 0.25) is 0 Å². The van der Waals surface area contributed by atoms with E-state index < -0.39 is 0 Å². The van der Waals surface area contributed by atoms with Crippen LogP contribution in [0.4, 0.5) is 5.82 Å². The Hall–Kier alpha value is -2.23. The number of hydrogen-bond acceptors (Lipinski definition) is 2. The monoisotopic (exact) mass is 240 g/mol. The number of fused-ring (bicyclic) bond motifs is 1. The summed E-state index contributed by atoms with van der Waals surface area (Å²) < 4.78 is 4.00. The van der Waals surface area contributed by atoms with Gasteiger partial charge < -0.3 is 10.3 Å². The smallest absolute Gasteiger partial charge is 0.146 e. The van der Waals surface area contributed by atoms with E-state index in [4.69, 9.17) is 5.73 Å². The van der Waals surface area contributed by atoms with Gasteiger partial charge in [0.15, 0.2) is 0 Å². The topological polar surface area (TPSA) is 48.8 Å². The van der Waals surface area contributed by atoms with Crippen molar-refractivity contribution in [1.29, 1.82) is 0 Å². The van der Waals surface area contributed by atoms with Crippen molar-refractivity contribution in [3.8, 4) is 11.4 Å². The molecule has 4 nitrogen and oxygen atoms in total. The van der Waals surface area contributed by atoms with E-state index in [1.165, 1.54) is 16.5 Å². The van der Waals surface area contributed by atoms with Gasteiger partial charge in [-0.25, -0.2) is 0 Å². The van der Waals surface area contributed by atoms with Crippen LogP contribution in [0.3, 0.4) is 0 Å². The Morgan fingerprint density at radius 2 is 1.89 bits per heavy atom. The predicted molar refractivity (Wildman–Crippen MR) is 74.3 cm³/mol. The van der Waals surface area contributed by atoms with Gasteiger partial charge >= 0.3 is 0 Å². The van der Waals surface area contributed by atoms with Crippen LogP contribution in [0, 0.1) is 6.92 Å². The van der Waals surface area contributed by atoms with Crippen LogP contribution in [0.25, 0.3) is 22.3 Å². The average molecular weight is 240 g/mol. The Balaban J connectivity index is 2.34. The molecule has 2 heterocycles. The third kappa shape index (κ3) is 1.42. The third-order valence-electron chi connectivity index (χ3n) is 3.47. The minimum absolute atomic E-state index is 0.550. The molecule has 92 valence electrons. The summed E-state index contributed by atoms with van der Waals surface area (Å²) in [6.07, 6.45) is 0. The van der Waals surface area contributed by atoms with Crippen LogP contribution in [0.15, 0.2) is 30.3 Å². The number of nitrogen functional groups attached to an aromatic ring is 1. The largest absolute Gasteiger partial charge is 0.382 e. The van der Waals surface area contributed by atoms with Crippen LogP contribution in [0.5, 0.6) is 0 Å². The van der Waals surface area contributed by atoms with Gasteiger partial charge in [-0.15, -0.1) is 0 Å². The molecular weight excluding hydrogens is 224 g/mol. The van der Waals surface area contributed by atoms with Gasteiger partial charge in [-0.2, -0.15) is 5.10 Å². The molecule has 1 aromatic carbocycles. The molecule has 0 saturated carbocycles. The molecule has 0 aliphatic rings. The Morgan fingerprint density at radius 1 is 1.11 bits per heavy atom. The van der Waals surface area contributed by atoms with Gasteiger partial charge in [0.1, 0.15) is 5.82 Å². The molecule has 0 amide bonds. The maximum absolute atomic E-state index is 5.75. The summed E-state index contributed by atoms with van der Waals surface area (Å²) in [6, 6.07) is 10.4. The lowest BCUT2D eigenvalue weighted by molar-refractivity contribution is 0.772. The average Bonchev–Trinajstić information content (AvgIpc) is 2.81. The molecule has 0 unspecified atom stereocenters. The number of aryl methyl sites for hydroxylation is 3. The fourth-order valence-electron chi connectivity index (χ4n) is 2.48. The maximum atomic E-state index is 5.75. The fourth-order valence-corrected chi connectivity index (χ4v) is 2.48. The molecule has 0 aliphatic heterocycles. The highest BCUT2D eigenvalue weighted by Gasteiger charge is 2.12. The summed E-state index contributed by atoms with van der Waals surface area (Å²) in [7, 11) is 3.98. The molecule has 0 fully saturated rings. The summed E-state index contributed by atoms with van der Waals surface area (Å²) in [5.41, 5.74) is 10.4.